The molecule has 0 aromatic heterocycles. The van der Waals surface area contributed by atoms with Crippen molar-refractivity contribution in [2.75, 3.05) is 26.3 Å². The third-order valence-electron chi connectivity index (χ3n) is 4.32. The minimum absolute atomic E-state index is 0.0605. The van der Waals surface area contributed by atoms with E-state index in [4.69, 9.17) is 4.74 Å². The summed E-state index contributed by atoms with van der Waals surface area (Å²) in [6, 6.07) is 0. The molecule has 2 aliphatic heterocycles. The zero-order valence-corrected chi connectivity index (χ0v) is 11.0. The summed E-state index contributed by atoms with van der Waals surface area (Å²) < 4.78 is 5.36. The number of hydrogen-bond donors (Lipinski definition) is 1. The summed E-state index contributed by atoms with van der Waals surface area (Å²) in [4.78, 5) is 12.8. The highest BCUT2D eigenvalue weighted by molar-refractivity contribution is 5.87. The second-order valence-corrected chi connectivity index (χ2v) is 5.56. The Morgan fingerprint density at radius 2 is 2.18 bits per heavy atom. The lowest BCUT2D eigenvalue weighted by molar-refractivity contribution is -0.137. The molecule has 2 aliphatic rings. The molecule has 3 nitrogen and oxygen atoms in total. The molecule has 98 valence electrons. The van der Waals surface area contributed by atoms with E-state index in [2.05, 4.69) is 12.2 Å². The van der Waals surface area contributed by atoms with Gasteiger partial charge in [-0.1, -0.05) is 13.3 Å². The van der Waals surface area contributed by atoms with Gasteiger partial charge in [-0.3, -0.25) is 4.79 Å². The summed E-state index contributed by atoms with van der Waals surface area (Å²) in [6.07, 6.45) is 6.26. The number of carbonyl (C=O) groups is 1. The number of carbonyl (C=O) groups excluding carboxylic acids is 1. The number of rotatable bonds is 4. The van der Waals surface area contributed by atoms with Crippen LogP contribution >= 0.6 is 0 Å². The van der Waals surface area contributed by atoms with Crippen molar-refractivity contribution in [2.24, 2.45) is 11.3 Å². The average molecular weight is 239 g/mol. The first kappa shape index (κ1) is 13.0. The van der Waals surface area contributed by atoms with E-state index >= 15 is 0 Å². The fraction of sp³-hybridized carbons (Fsp3) is 0.929. The van der Waals surface area contributed by atoms with E-state index in [9.17, 15) is 4.79 Å². The Hall–Kier alpha value is -0.410. The van der Waals surface area contributed by atoms with Crippen molar-refractivity contribution >= 4 is 5.78 Å². The number of hydrogen-bond acceptors (Lipinski definition) is 3. The highest BCUT2D eigenvalue weighted by Gasteiger charge is 2.41. The highest BCUT2D eigenvalue weighted by Crippen LogP contribution is 2.37. The standard InChI is InChI=1S/C14H25NO2/c1-2-6-14(7-3-8-15-11-14)13(16)12-4-9-17-10-5-12/h12,15H,2-11H2,1H3. The maximum atomic E-state index is 12.8. The van der Waals surface area contributed by atoms with Crippen LogP contribution < -0.4 is 5.32 Å². The van der Waals surface area contributed by atoms with Crippen LogP contribution in [0, 0.1) is 11.3 Å². The van der Waals surface area contributed by atoms with Crippen LogP contribution in [0.4, 0.5) is 0 Å². The number of ketones is 1. The molecule has 0 bridgehead atoms. The topological polar surface area (TPSA) is 38.3 Å². The van der Waals surface area contributed by atoms with E-state index in [-0.39, 0.29) is 11.3 Å². The predicted molar refractivity (Wildman–Crippen MR) is 68.0 cm³/mol. The smallest absolute Gasteiger partial charge is 0.143 e. The van der Waals surface area contributed by atoms with Gasteiger partial charge in [-0.2, -0.15) is 0 Å². The minimum Gasteiger partial charge on any atom is -0.381 e. The zero-order valence-electron chi connectivity index (χ0n) is 11.0. The Balaban J connectivity index is 2.05. The second-order valence-electron chi connectivity index (χ2n) is 5.56. The molecule has 1 atom stereocenters. The fourth-order valence-corrected chi connectivity index (χ4v) is 3.39. The molecule has 0 aliphatic carbocycles. The second kappa shape index (κ2) is 5.96. The van der Waals surface area contributed by atoms with Crippen LogP contribution in [-0.2, 0) is 9.53 Å². The van der Waals surface area contributed by atoms with Crippen LogP contribution in [0.1, 0.15) is 45.4 Å². The predicted octanol–water partition coefficient (Wildman–Crippen LogP) is 2.15. The van der Waals surface area contributed by atoms with E-state index < -0.39 is 0 Å². The number of nitrogens with one attached hydrogen (secondary N) is 1. The molecule has 1 unspecified atom stereocenters. The summed E-state index contributed by atoms with van der Waals surface area (Å²) in [5.74, 6) is 0.782. The Morgan fingerprint density at radius 3 is 2.76 bits per heavy atom. The van der Waals surface area contributed by atoms with E-state index in [1.807, 2.05) is 0 Å². The first-order valence-corrected chi connectivity index (χ1v) is 7.11. The minimum atomic E-state index is -0.0605. The van der Waals surface area contributed by atoms with E-state index in [0.29, 0.717) is 5.78 Å². The Morgan fingerprint density at radius 1 is 1.41 bits per heavy atom. The SMILES string of the molecule is CCCC1(C(=O)C2CCOCC2)CCCNC1. The lowest BCUT2D eigenvalue weighted by Crippen LogP contribution is -2.48. The van der Waals surface area contributed by atoms with Crippen LogP contribution in [0.3, 0.4) is 0 Å². The first-order valence-electron chi connectivity index (χ1n) is 7.11. The number of ether oxygens (including phenoxy) is 1. The Labute approximate surface area is 104 Å². The normalized spacial score (nSPS) is 31.4. The maximum Gasteiger partial charge on any atom is 0.143 e. The third-order valence-corrected chi connectivity index (χ3v) is 4.32. The van der Waals surface area contributed by atoms with Crippen LogP contribution in [0.25, 0.3) is 0 Å². The molecule has 1 N–H and O–H groups in total. The van der Waals surface area contributed by atoms with Crippen molar-refractivity contribution in [3.05, 3.63) is 0 Å². The summed E-state index contributed by atoms with van der Waals surface area (Å²) in [5, 5.41) is 3.43. The number of piperidine rings is 1. The van der Waals surface area contributed by atoms with Crippen molar-refractivity contribution in [3.63, 3.8) is 0 Å². The van der Waals surface area contributed by atoms with Gasteiger partial charge in [0.25, 0.3) is 0 Å². The summed E-state index contributed by atoms with van der Waals surface area (Å²) >= 11 is 0. The molecular weight excluding hydrogens is 214 g/mol. The van der Waals surface area contributed by atoms with Gasteiger partial charge in [0.2, 0.25) is 0 Å². The molecule has 2 saturated heterocycles. The molecule has 0 spiro atoms. The first-order chi connectivity index (χ1) is 8.28. The Kier molecular flexibility index (Phi) is 4.57. The monoisotopic (exact) mass is 239 g/mol. The third kappa shape index (κ3) is 2.89. The van der Waals surface area contributed by atoms with Gasteiger partial charge in [0.1, 0.15) is 5.78 Å². The molecule has 3 heteroatoms. The average Bonchev–Trinajstić information content (AvgIpc) is 2.40. The van der Waals surface area contributed by atoms with E-state index in [1.165, 1.54) is 0 Å². The van der Waals surface area contributed by atoms with Gasteiger partial charge in [0.15, 0.2) is 0 Å². The lowest BCUT2D eigenvalue weighted by Gasteiger charge is -2.39. The Bertz CT molecular complexity index is 247. The molecule has 2 fully saturated rings. The van der Waals surface area contributed by atoms with Gasteiger partial charge in [-0.15, -0.1) is 0 Å². The molecule has 0 radical (unpaired) electrons. The molecule has 2 rings (SSSR count). The summed E-state index contributed by atoms with van der Waals surface area (Å²) in [6.45, 7) is 5.70. The van der Waals surface area contributed by atoms with Gasteiger partial charge < -0.3 is 10.1 Å². The number of Topliss-reactive ketones (excluding diaryl/α,β-unsaturated/α-hetero) is 1. The molecule has 2 heterocycles. The molecule has 0 amide bonds. The maximum absolute atomic E-state index is 12.8. The van der Waals surface area contributed by atoms with Crippen molar-refractivity contribution in [1.29, 1.82) is 0 Å². The van der Waals surface area contributed by atoms with Crippen LogP contribution in [-0.4, -0.2) is 32.1 Å². The van der Waals surface area contributed by atoms with Gasteiger partial charge >= 0.3 is 0 Å². The van der Waals surface area contributed by atoms with Crippen molar-refractivity contribution in [2.45, 2.75) is 45.4 Å². The van der Waals surface area contributed by atoms with Gasteiger partial charge in [-0.05, 0) is 38.6 Å². The highest BCUT2D eigenvalue weighted by atomic mass is 16.5. The van der Waals surface area contributed by atoms with E-state index in [0.717, 1.165) is 64.8 Å². The van der Waals surface area contributed by atoms with Gasteiger partial charge in [0, 0.05) is 31.1 Å². The van der Waals surface area contributed by atoms with Crippen molar-refractivity contribution < 1.29 is 9.53 Å². The fourth-order valence-electron chi connectivity index (χ4n) is 3.39. The molecule has 0 saturated carbocycles. The van der Waals surface area contributed by atoms with E-state index in [1.54, 1.807) is 0 Å². The van der Waals surface area contributed by atoms with Crippen LogP contribution in [0.2, 0.25) is 0 Å². The molecule has 0 aromatic carbocycles. The molecule has 17 heavy (non-hydrogen) atoms. The summed E-state index contributed by atoms with van der Waals surface area (Å²) in [5.41, 5.74) is -0.0605. The van der Waals surface area contributed by atoms with Crippen LogP contribution in [0.5, 0.6) is 0 Å². The van der Waals surface area contributed by atoms with Gasteiger partial charge in [0.05, 0.1) is 0 Å². The van der Waals surface area contributed by atoms with Crippen LogP contribution in [0.15, 0.2) is 0 Å². The van der Waals surface area contributed by atoms with Gasteiger partial charge in [-0.25, -0.2) is 0 Å². The quantitative estimate of drug-likeness (QED) is 0.817. The lowest BCUT2D eigenvalue weighted by atomic mass is 9.68. The molecular formula is C14H25NO2. The largest absolute Gasteiger partial charge is 0.381 e. The summed E-state index contributed by atoms with van der Waals surface area (Å²) in [7, 11) is 0. The molecule has 0 aromatic rings. The zero-order chi connectivity index (χ0) is 12.1. The van der Waals surface area contributed by atoms with Crippen molar-refractivity contribution in [3.8, 4) is 0 Å². The van der Waals surface area contributed by atoms with Crippen molar-refractivity contribution in [1.82, 2.24) is 5.32 Å².